The molecule has 0 bridgehead atoms. The third kappa shape index (κ3) is 4.30. The molecule has 1 aromatic carbocycles. The third-order valence-electron chi connectivity index (χ3n) is 3.65. The van der Waals surface area contributed by atoms with Gasteiger partial charge in [0.1, 0.15) is 0 Å². The lowest BCUT2D eigenvalue weighted by Crippen LogP contribution is -2.32. The van der Waals surface area contributed by atoms with Gasteiger partial charge in [0, 0.05) is 6.04 Å². The van der Waals surface area contributed by atoms with Gasteiger partial charge in [-0.15, -0.1) is 0 Å². The maximum atomic E-state index is 11.7. The van der Waals surface area contributed by atoms with Gasteiger partial charge in [0.05, 0.1) is 4.90 Å². The van der Waals surface area contributed by atoms with Crippen LogP contribution in [0.15, 0.2) is 29.2 Å². The molecule has 4 nitrogen and oxygen atoms in total. The van der Waals surface area contributed by atoms with Crippen LogP contribution >= 0.6 is 0 Å². The number of nitrogens with one attached hydrogen (secondary N) is 2. The minimum absolute atomic E-state index is 0.313. The molecule has 2 unspecified atom stereocenters. The fourth-order valence-corrected chi connectivity index (χ4v) is 3.13. The lowest BCUT2D eigenvalue weighted by atomic mass is 9.90. The van der Waals surface area contributed by atoms with Crippen molar-refractivity contribution in [1.29, 1.82) is 0 Å². The topological polar surface area (TPSA) is 58.2 Å². The highest BCUT2D eigenvalue weighted by atomic mass is 32.2. The van der Waals surface area contributed by atoms with Crippen LogP contribution in [-0.2, 0) is 10.0 Å². The minimum atomic E-state index is -3.35. The Bertz CT molecular complexity index is 497. The lowest BCUT2D eigenvalue weighted by molar-refractivity contribution is 0.450. The Hall–Kier alpha value is -0.910. The van der Waals surface area contributed by atoms with E-state index in [9.17, 15) is 8.42 Å². The molecule has 2 atom stereocenters. The molecule has 0 fully saturated rings. The summed E-state index contributed by atoms with van der Waals surface area (Å²) in [7, 11) is -1.92. The van der Waals surface area contributed by atoms with Crippen LogP contribution in [0.5, 0.6) is 0 Å². The lowest BCUT2D eigenvalue weighted by Gasteiger charge is -2.24. The van der Waals surface area contributed by atoms with Crippen molar-refractivity contribution in [2.24, 2.45) is 0 Å². The Morgan fingerprint density at radius 1 is 1.15 bits per heavy atom. The van der Waals surface area contributed by atoms with Crippen molar-refractivity contribution >= 4 is 10.0 Å². The van der Waals surface area contributed by atoms with E-state index in [2.05, 4.69) is 30.8 Å². The molecule has 0 saturated carbocycles. The van der Waals surface area contributed by atoms with E-state index in [1.165, 1.54) is 12.6 Å². The second-order valence-corrected chi connectivity index (χ2v) is 6.92. The summed E-state index contributed by atoms with van der Waals surface area (Å²) in [5, 5.41) is 3.51. The number of hydrogen-bond donors (Lipinski definition) is 2. The smallest absolute Gasteiger partial charge is 0.240 e. The number of benzene rings is 1. The molecule has 5 heteroatoms. The molecule has 1 aromatic rings. The highest BCUT2D eigenvalue weighted by Gasteiger charge is 2.18. The van der Waals surface area contributed by atoms with E-state index >= 15 is 0 Å². The first-order chi connectivity index (χ1) is 9.46. The normalized spacial score (nSPS) is 15.0. The van der Waals surface area contributed by atoms with E-state index in [1.54, 1.807) is 12.1 Å². The molecule has 0 aliphatic carbocycles. The Labute approximate surface area is 123 Å². The SMILES string of the molecule is CCCNC(C)C(CC)c1ccc(S(=O)(=O)NC)cc1. The Kier molecular flexibility index (Phi) is 6.65. The van der Waals surface area contributed by atoms with Crippen LogP contribution in [0.25, 0.3) is 0 Å². The molecule has 2 N–H and O–H groups in total. The summed E-state index contributed by atoms with van der Waals surface area (Å²) in [4.78, 5) is 0.313. The van der Waals surface area contributed by atoms with Gasteiger partial charge in [0.25, 0.3) is 0 Å². The van der Waals surface area contributed by atoms with E-state index in [0.717, 1.165) is 19.4 Å². The first-order valence-corrected chi connectivity index (χ1v) is 8.71. The molecule has 0 radical (unpaired) electrons. The van der Waals surface area contributed by atoms with E-state index in [4.69, 9.17) is 0 Å². The molecule has 1 rings (SSSR count). The summed E-state index contributed by atoms with van der Waals surface area (Å²) in [6.07, 6.45) is 2.14. The largest absolute Gasteiger partial charge is 0.314 e. The van der Waals surface area contributed by atoms with Crippen molar-refractivity contribution in [2.45, 2.75) is 50.5 Å². The predicted octanol–water partition coefficient (Wildman–Crippen LogP) is 2.48. The number of rotatable bonds is 8. The molecule has 0 spiro atoms. The van der Waals surface area contributed by atoms with Gasteiger partial charge in [-0.05, 0) is 57.0 Å². The molecule has 20 heavy (non-hydrogen) atoms. The van der Waals surface area contributed by atoms with Crippen molar-refractivity contribution in [3.8, 4) is 0 Å². The molecule has 0 aliphatic heterocycles. The van der Waals surface area contributed by atoms with E-state index < -0.39 is 10.0 Å². The van der Waals surface area contributed by atoms with Gasteiger partial charge in [-0.25, -0.2) is 13.1 Å². The van der Waals surface area contributed by atoms with E-state index in [0.29, 0.717) is 16.9 Å². The first-order valence-electron chi connectivity index (χ1n) is 7.23. The molecule has 0 heterocycles. The van der Waals surface area contributed by atoms with Crippen molar-refractivity contribution in [3.05, 3.63) is 29.8 Å². The van der Waals surface area contributed by atoms with Gasteiger partial charge < -0.3 is 5.32 Å². The van der Waals surface area contributed by atoms with Crippen LogP contribution in [0, 0.1) is 0 Å². The average Bonchev–Trinajstić information content (AvgIpc) is 2.46. The zero-order chi connectivity index (χ0) is 15.2. The van der Waals surface area contributed by atoms with Crippen LogP contribution in [0.1, 0.15) is 45.1 Å². The fourth-order valence-electron chi connectivity index (χ4n) is 2.40. The number of sulfonamides is 1. The summed E-state index contributed by atoms with van der Waals surface area (Å²) >= 11 is 0. The molecule has 0 aliphatic rings. The van der Waals surface area contributed by atoms with Crippen LogP contribution in [0.4, 0.5) is 0 Å². The van der Waals surface area contributed by atoms with Gasteiger partial charge in [-0.1, -0.05) is 26.0 Å². The monoisotopic (exact) mass is 298 g/mol. The highest BCUT2D eigenvalue weighted by molar-refractivity contribution is 7.89. The minimum Gasteiger partial charge on any atom is -0.314 e. The maximum Gasteiger partial charge on any atom is 0.240 e. The summed E-state index contributed by atoms with van der Waals surface area (Å²) < 4.78 is 25.7. The van der Waals surface area contributed by atoms with Gasteiger partial charge in [0.15, 0.2) is 0 Å². The third-order valence-corrected chi connectivity index (χ3v) is 5.08. The van der Waals surface area contributed by atoms with Crippen molar-refractivity contribution in [3.63, 3.8) is 0 Å². The summed E-state index contributed by atoms with van der Waals surface area (Å²) in [5.41, 5.74) is 1.18. The predicted molar refractivity (Wildman–Crippen MR) is 83.5 cm³/mol. The molecular weight excluding hydrogens is 272 g/mol. The molecule has 0 amide bonds. The van der Waals surface area contributed by atoms with Crippen LogP contribution in [0.3, 0.4) is 0 Å². The fraction of sp³-hybridized carbons (Fsp3) is 0.600. The van der Waals surface area contributed by atoms with Crippen LogP contribution in [0.2, 0.25) is 0 Å². The molecule has 0 saturated heterocycles. The van der Waals surface area contributed by atoms with Crippen molar-refractivity contribution in [1.82, 2.24) is 10.0 Å². The summed E-state index contributed by atoms with van der Waals surface area (Å²) in [5.74, 6) is 0.396. The summed E-state index contributed by atoms with van der Waals surface area (Å²) in [6.45, 7) is 7.50. The van der Waals surface area contributed by atoms with Gasteiger partial charge in [0.2, 0.25) is 10.0 Å². The standard InChI is InChI=1S/C15H26N2O2S/c1-5-11-17-12(3)15(6-2)13-7-9-14(10-8-13)20(18,19)16-4/h7-10,12,15-17H,5-6,11H2,1-4H3. The van der Waals surface area contributed by atoms with Crippen LogP contribution in [-0.4, -0.2) is 28.1 Å². The maximum absolute atomic E-state index is 11.7. The van der Waals surface area contributed by atoms with Crippen LogP contribution < -0.4 is 10.0 Å². The zero-order valence-electron chi connectivity index (χ0n) is 12.8. The van der Waals surface area contributed by atoms with Gasteiger partial charge in [-0.2, -0.15) is 0 Å². The van der Waals surface area contributed by atoms with E-state index in [1.807, 2.05) is 12.1 Å². The second-order valence-electron chi connectivity index (χ2n) is 5.03. The molecule has 0 aromatic heterocycles. The quantitative estimate of drug-likeness (QED) is 0.775. The Morgan fingerprint density at radius 3 is 2.20 bits per heavy atom. The first kappa shape index (κ1) is 17.1. The second kappa shape index (κ2) is 7.76. The molecular formula is C15H26N2O2S. The Morgan fingerprint density at radius 2 is 1.75 bits per heavy atom. The molecule has 114 valence electrons. The number of hydrogen-bond acceptors (Lipinski definition) is 3. The van der Waals surface area contributed by atoms with Gasteiger partial charge >= 0.3 is 0 Å². The summed E-state index contributed by atoms with van der Waals surface area (Å²) in [6, 6.07) is 7.57. The Balaban J connectivity index is 2.90. The zero-order valence-corrected chi connectivity index (χ0v) is 13.6. The van der Waals surface area contributed by atoms with Crippen molar-refractivity contribution < 1.29 is 8.42 Å². The van der Waals surface area contributed by atoms with E-state index in [-0.39, 0.29) is 0 Å². The van der Waals surface area contributed by atoms with Gasteiger partial charge in [-0.3, -0.25) is 0 Å². The highest BCUT2D eigenvalue weighted by Crippen LogP contribution is 2.24. The van der Waals surface area contributed by atoms with Crippen molar-refractivity contribution in [2.75, 3.05) is 13.6 Å². The average molecular weight is 298 g/mol.